The number of hydrogen-bond acceptors (Lipinski definition) is 7. The summed E-state index contributed by atoms with van der Waals surface area (Å²) in [4.78, 5) is 10.8. The molecular weight excluding hydrogens is 453 g/mol. The van der Waals surface area contributed by atoms with Gasteiger partial charge in [-0.1, -0.05) is 61.1 Å². The van der Waals surface area contributed by atoms with E-state index in [2.05, 4.69) is 36.2 Å². The Bertz CT molecular complexity index is 1070. The summed E-state index contributed by atoms with van der Waals surface area (Å²) in [5.74, 6) is -0.495. The lowest BCUT2D eigenvalue weighted by Gasteiger charge is -2.14. The number of rotatable bonds is 9. The van der Waals surface area contributed by atoms with E-state index in [0.717, 1.165) is 17.0 Å². The highest BCUT2D eigenvalue weighted by molar-refractivity contribution is 7.18. The maximum Gasteiger partial charge on any atom is 0.302 e. The number of esters is 1. The van der Waals surface area contributed by atoms with Crippen molar-refractivity contribution in [2.24, 2.45) is 11.7 Å². The van der Waals surface area contributed by atoms with E-state index in [9.17, 15) is 9.18 Å². The molecule has 0 bridgehead atoms. The first kappa shape index (κ1) is 24.1. The van der Waals surface area contributed by atoms with Crippen LogP contribution in [-0.4, -0.2) is 35.4 Å². The number of aromatic nitrogens is 2. The molecule has 0 spiro atoms. The second-order valence-corrected chi connectivity index (χ2v) is 9.23. The lowest BCUT2D eigenvalue weighted by Crippen LogP contribution is -2.33. The van der Waals surface area contributed by atoms with Gasteiger partial charge in [-0.2, -0.15) is 0 Å². The molecule has 0 saturated carbocycles. The fourth-order valence-corrected chi connectivity index (χ4v) is 4.15. The predicted molar refractivity (Wildman–Crippen MR) is 124 cm³/mol. The molecule has 1 aromatic heterocycles. The van der Waals surface area contributed by atoms with Gasteiger partial charge < -0.3 is 15.2 Å². The van der Waals surface area contributed by atoms with Crippen molar-refractivity contribution < 1.29 is 18.7 Å². The fourth-order valence-electron chi connectivity index (χ4n) is 2.98. The smallest absolute Gasteiger partial charge is 0.302 e. The lowest BCUT2D eigenvalue weighted by molar-refractivity contribution is -0.141. The number of carbonyl (C=O) groups excluding carboxylic acids is 1. The Hall–Kier alpha value is -2.55. The minimum atomic E-state index is -0.598. The molecule has 32 heavy (non-hydrogen) atoms. The van der Waals surface area contributed by atoms with Crippen LogP contribution in [0.15, 0.2) is 36.4 Å². The molecule has 1 atom stereocenters. The van der Waals surface area contributed by atoms with Gasteiger partial charge in [-0.3, -0.25) is 4.79 Å². The largest absolute Gasteiger partial charge is 0.489 e. The Morgan fingerprint density at radius 1 is 1.16 bits per heavy atom. The van der Waals surface area contributed by atoms with Crippen LogP contribution in [0.5, 0.6) is 5.75 Å². The van der Waals surface area contributed by atoms with Crippen LogP contribution < -0.4 is 10.5 Å². The van der Waals surface area contributed by atoms with E-state index < -0.39 is 17.8 Å². The Morgan fingerprint density at radius 2 is 1.84 bits per heavy atom. The van der Waals surface area contributed by atoms with Gasteiger partial charge in [0.25, 0.3) is 0 Å². The molecule has 0 amide bonds. The second kappa shape index (κ2) is 10.8. The Morgan fingerprint density at radius 3 is 2.50 bits per heavy atom. The van der Waals surface area contributed by atoms with Gasteiger partial charge in [0, 0.05) is 24.1 Å². The second-order valence-electron chi connectivity index (χ2n) is 7.84. The van der Waals surface area contributed by atoms with E-state index in [1.807, 2.05) is 12.1 Å². The molecule has 1 heterocycles. The monoisotopic (exact) mass is 477 g/mol. The number of hydrogen-bond donors (Lipinski definition) is 1. The van der Waals surface area contributed by atoms with Crippen molar-refractivity contribution in [1.82, 2.24) is 10.2 Å². The lowest BCUT2D eigenvalue weighted by atomic mass is 10.0. The minimum Gasteiger partial charge on any atom is -0.489 e. The van der Waals surface area contributed by atoms with Crippen LogP contribution in [0, 0.1) is 11.7 Å². The fraction of sp³-hybridized carbons (Fsp3) is 0.348. The minimum absolute atomic E-state index is 0.0191. The normalized spacial score (nSPS) is 12.1. The first-order valence-corrected chi connectivity index (χ1v) is 11.4. The van der Waals surface area contributed by atoms with Crippen molar-refractivity contribution in [2.45, 2.75) is 33.2 Å². The highest BCUT2D eigenvalue weighted by Gasteiger charge is 2.17. The molecule has 2 aromatic carbocycles. The Kier molecular flexibility index (Phi) is 8.17. The van der Waals surface area contributed by atoms with Crippen molar-refractivity contribution in [3.63, 3.8) is 0 Å². The van der Waals surface area contributed by atoms with E-state index >= 15 is 0 Å². The van der Waals surface area contributed by atoms with Crippen LogP contribution in [0.3, 0.4) is 0 Å². The maximum absolute atomic E-state index is 14.6. The van der Waals surface area contributed by atoms with Crippen molar-refractivity contribution >= 4 is 28.9 Å². The molecule has 0 radical (unpaired) electrons. The molecule has 6 nitrogen and oxygen atoms in total. The summed E-state index contributed by atoms with van der Waals surface area (Å²) >= 11 is 7.70. The molecule has 0 aliphatic carbocycles. The molecule has 9 heteroatoms. The van der Waals surface area contributed by atoms with Crippen LogP contribution in [0.2, 0.25) is 5.02 Å². The number of nitrogens with two attached hydrogens (primary N) is 1. The van der Waals surface area contributed by atoms with Gasteiger partial charge in [0.1, 0.15) is 23.2 Å². The average molecular weight is 478 g/mol. The van der Waals surface area contributed by atoms with Crippen LogP contribution in [-0.2, 0) is 16.0 Å². The first-order valence-electron chi connectivity index (χ1n) is 10.2. The van der Waals surface area contributed by atoms with Gasteiger partial charge >= 0.3 is 5.97 Å². The predicted octanol–water partition coefficient (Wildman–Crippen LogP) is 5.13. The topological polar surface area (TPSA) is 87.3 Å². The third-order valence-electron chi connectivity index (χ3n) is 4.48. The Balaban J connectivity index is 1.71. The summed E-state index contributed by atoms with van der Waals surface area (Å²) in [6.07, 6.45) is 1.01. The zero-order chi connectivity index (χ0) is 23.3. The summed E-state index contributed by atoms with van der Waals surface area (Å²) in [5, 5.41) is 9.94. The average Bonchev–Trinajstić information content (AvgIpc) is 3.22. The highest BCUT2D eigenvalue weighted by Crippen LogP contribution is 2.37. The molecule has 170 valence electrons. The molecule has 0 aliphatic rings. The van der Waals surface area contributed by atoms with Gasteiger partial charge in [-0.05, 0) is 24.0 Å². The molecule has 3 rings (SSSR count). The maximum atomic E-state index is 14.6. The summed E-state index contributed by atoms with van der Waals surface area (Å²) in [6, 6.07) is 10.3. The first-order chi connectivity index (χ1) is 15.2. The number of ether oxygens (including phenoxy) is 2. The van der Waals surface area contributed by atoms with Crippen molar-refractivity contribution in [3.8, 4) is 26.9 Å². The summed E-state index contributed by atoms with van der Waals surface area (Å²) < 4.78 is 24.8. The highest BCUT2D eigenvalue weighted by atomic mass is 35.5. The van der Waals surface area contributed by atoms with Crippen molar-refractivity contribution in [1.29, 1.82) is 0 Å². The zero-order valence-corrected chi connectivity index (χ0v) is 19.7. The van der Waals surface area contributed by atoms with E-state index in [-0.39, 0.29) is 24.0 Å². The van der Waals surface area contributed by atoms with Crippen molar-refractivity contribution in [3.05, 3.63) is 52.8 Å². The molecule has 0 aliphatic heterocycles. The van der Waals surface area contributed by atoms with Crippen LogP contribution in [0.4, 0.5) is 4.39 Å². The van der Waals surface area contributed by atoms with Crippen LogP contribution in [0.25, 0.3) is 21.1 Å². The van der Waals surface area contributed by atoms with E-state index in [1.165, 1.54) is 36.0 Å². The molecule has 0 fully saturated rings. The van der Waals surface area contributed by atoms with Gasteiger partial charge in [-0.15, -0.1) is 10.2 Å². The third kappa shape index (κ3) is 6.48. The number of carbonyl (C=O) groups is 1. The molecule has 2 N–H and O–H groups in total. The van der Waals surface area contributed by atoms with Gasteiger partial charge in [0.2, 0.25) is 0 Å². The Labute approximate surface area is 195 Å². The molecular formula is C23H25ClFN3O3S. The van der Waals surface area contributed by atoms with Gasteiger partial charge in [0.15, 0.2) is 11.6 Å². The number of benzene rings is 2. The van der Waals surface area contributed by atoms with Crippen LogP contribution >= 0.6 is 22.9 Å². The summed E-state index contributed by atoms with van der Waals surface area (Å²) in [6.45, 7) is 5.60. The summed E-state index contributed by atoms with van der Waals surface area (Å²) in [7, 11) is 0. The molecule has 0 saturated heterocycles. The quantitative estimate of drug-likeness (QED) is 0.430. The molecule has 3 aromatic rings. The SMILES string of the molecule is CC(=O)OC[C@@H](N)COc1cc(Cl)c(-c2nnc(-c3ccc(CC(C)C)cc3)s2)cc1F. The third-order valence-corrected chi connectivity index (χ3v) is 5.79. The van der Waals surface area contributed by atoms with E-state index in [4.69, 9.17) is 26.8 Å². The van der Waals surface area contributed by atoms with E-state index in [0.29, 0.717) is 16.5 Å². The van der Waals surface area contributed by atoms with Crippen LogP contribution in [0.1, 0.15) is 26.3 Å². The summed E-state index contributed by atoms with van der Waals surface area (Å²) in [5.41, 5.74) is 8.44. The zero-order valence-electron chi connectivity index (χ0n) is 18.1. The molecule has 0 unspecified atom stereocenters. The van der Waals surface area contributed by atoms with Crippen molar-refractivity contribution in [2.75, 3.05) is 13.2 Å². The number of halogens is 2. The van der Waals surface area contributed by atoms with E-state index in [1.54, 1.807) is 0 Å². The van der Waals surface area contributed by atoms with Gasteiger partial charge in [-0.25, -0.2) is 4.39 Å². The number of nitrogens with zero attached hydrogens (tertiary/aromatic N) is 2. The van der Waals surface area contributed by atoms with Gasteiger partial charge in [0.05, 0.1) is 11.1 Å². The standard InChI is InChI=1S/C23H25ClFN3O3S/c1-13(2)8-15-4-6-16(7-5-15)22-27-28-23(32-22)18-9-20(25)21(10-19(18)24)31-12-17(26)11-30-14(3)29/h4-7,9-10,13,17H,8,11-12,26H2,1-3H3/t17-/m1/s1.